The van der Waals surface area contributed by atoms with Gasteiger partial charge in [-0.15, -0.1) is 0 Å². The molecule has 1 fully saturated rings. The summed E-state index contributed by atoms with van der Waals surface area (Å²) in [6.45, 7) is 0.149. The Bertz CT molecular complexity index is 997. The SMILES string of the molecule is COC(=O)C1CC(Oc2ccccc2F)CN1C(=O)CCc1ccc(OC)c(OC)c1OC. The topological polar surface area (TPSA) is 83.5 Å². The van der Waals surface area contributed by atoms with Crippen molar-refractivity contribution in [1.82, 2.24) is 4.90 Å². The van der Waals surface area contributed by atoms with Crippen LogP contribution in [0.1, 0.15) is 18.4 Å². The molecule has 3 rings (SSSR count). The zero-order valence-corrected chi connectivity index (χ0v) is 19.1. The van der Waals surface area contributed by atoms with Crippen molar-refractivity contribution >= 4 is 11.9 Å². The van der Waals surface area contributed by atoms with Gasteiger partial charge in [0.15, 0.2) is 23.1 Å². The van der Waals surface area contributed by atoms with Crippen LogP contribution in [-0.2, 0) is 20.7 Å². The molecule has 1 aliphatic heterocycles. The van der Waals surface area contributed by atoms with E-state index in [1.165, 1.54) is 45.5 Å². The molecule has 1 amide bonds. The fraction of sp³-hybridized carbons (Fsp3) is 0.417. The van der Waals surface area contributed by atoms with Gasteiger partial charge >= 0.3 is 5.97 Å². The number of esters is 1. The number of likely N-dealkylation sites (tertiary alicyclic amines) is 1. The van der Waals surface area contributed by atoms with Gasteiger partial charge < -0.3 is 28.6 Å². The highest BCUT2D eigenvalue weighted by Gasteiger charge is 2.41. The summed E-state index contributed by atoms with van der Waals surface area (Å²) < 4.78 is 40.8. The van der Waals surface area contributed by atoms with Crippen molar-refractivity contribution in [2.24, 2.45) is 0 Å². The van der Waals surface area contributed by atoms with E-state index in [1.807, 2.05) is 0 Å². The van der Waals surface area contributed by atoms with Crippen LogP contribution in [0, 0.1) is 5.82 Å². The van der Waals surface area contributed by atoms with E-state index in [0.717, 1.165) is 5.56 Å². The molecule has 0 spiro atoms. The van der Waals surface area contributed by atoms with Crippen molar-refractivity contribution in [1.29, 1.82) is 0 Å². The average Bonchev–Trinajstić information content (AvgIpc) is 3.26. The third kappa shape index (κ3) is 5.30. The summed E-state index contributed by atoms with van der Waals surface area (Å²) in [7, 11) is 5.82. The van der Waals surface area contributed by atoms with Crippen LogP contribution in [0.4, 0.5) is 4.39 Å². The molecule has 2 unspecified atom stereocenters. The minimum atomic E-state index is -0.799. The Morgan fingerprint density at radius 3 is 2.33 bits per heavy atom. The van der Waals surface area contributed by atoms with E-state index >= 15 is 0 Å². The van der Waals surface area contributed by atoms with E-state index in [0.29, 0.717) is 23.7 Å². The first-order valence-electron chi connectivity index (χ1n) is 10.5. The number of hydrogen-bond acceptors (Lipinski definition) is 7. The lowest BCUT2D eigenvalue weighted by Gasteiger charge is -2.23. The number of ether oxygens (including phenoxy) is 5. The Balaban J connectivity index is 1.73. The van der Waals surface area contributed by atoms with E-state index < -0.39 is 23.9 Å². The molecule has 1 saturated heterocycles. The molecule has 0 bridgehead atoms. The molecule has 2 aromatic rings. The van der Waals surface area contributed by atoms with Crippen LogP contribution in [0.15, 0.2) is 36.4 Å². The molecule has 8 nitrogen and oxygen atoms in total. The second-order valence-electron chi connectivity index (χ2n) is 7.48. The number of para-hydroxylation sites is 1. The Morgan fingerprint density at radius 1 is 0.970 bits per heavy atom. The molecule has 2 atom stereocenters. The molecular weight excluding hydrogens is 433 g/mol. The fourth-order valence-electron chi connectivity index (χ4n) is 3.98. The van der Waals surface area contributed by atoms with E-state index in [4.69, 9.17) is 23.7 Å². The van der Waals surface area contributed by atoms with Crippen LogP contribution in [-0.4, -0.2) is 63.9 Å². The van der Waals surface area contributed by atoms with Crippen LogP contribution in [0.5, 0.6) is 23.0 Å². The van der Waals surface area contributed by atoms with Crippen molar-refractivity contribution in [3.8, 4) is 23.0 Å². The van der Waals surface area contributed by atoms with Gasteiger partial charge in [0, 0.05) is 12.8 Å². The van der Waals surface area contributed by atoms with Crippen molar-refractivity contribution in [2.45, 2.75) is 31.4 Å². The van der Waals surface area contributed by atoms with E-state index in [2.05, 4.69) is 0 Å². The maximum atomic E-state index is 14.0. The predicted molar refractivity (Wildman–Crippen MR) is 117 cm³/mol. The number of nitrogens with zero attached hydrogens (tertiary/aromatic N) is 1. The summed E-state index contributed by atoms with van der Waals surface area (Å²) in [6, 6.07) is 8.77. The molecule has 0 aliphatic carbocycles. The van der Waals surface area contributed by atoms with Crippen molar-refractivity contribution < 1.29 is 37.7 Å². The largest absolute Gasteiger partial charge is 0.493 e. The number of halogens is 1. The lowest BCUT2D eigenvalue weighted by Crippen LogP contribution is -2.41. The van der Waals surface area contributed by atoms with Gasteiger partial charge in [-0.25, -0.2) is 9.18 Å². The van der Waals surface area contributed by atoms with Gasteiger partial charge in [0.1, 0.15) is 12.1 Å². The smallest absolute Gasteiger partial charge is 0.328 e. The number of hydrogen-bond donors (Lipinski definition) is 0. The Kier molecular flexibility index (Phi) is 7.97. The van der Waals surface area contributed by atoms with Crippen molar-refractivity contribution in [2.75, 3.05) is 35.0 Å². The normalized spacial score (nSPS) is 17.4. The lowest BCUT2D eigenvalue weighted by atomic mass is 10.1. The van der Waals surface area contributed by atoms with Crippen LogP contribution < -0.4 is 18.9 Å². The Labute approximate surface area is 192 Å². The third-order valence-corrected chi connectivity index (χ3v) is 5.58. The number of rotatable bonds is 9. The first-order chi connectivity index (χ1) is 15.9. The molecule has 0 N–H and O–H groups in total. The van der Waals surface area contributed by atoms with Gasteiger partial charge in [0.05, 0.1) is 35.0 Å². The highest BCUT2D eigenvalue weighted by molar-refractivity contribution is 5.85. The van der Waals surface area contributed by atoms with Crippen LogP contribution >= 0.6 is 0 Å². The zero-order valence-electron chi connectivity index (χ0n) is 19.1. The maximum Gasteiger partial charge on any atom is 0.328 e. The number of carbonyl (C=O) groups excluding carboxylic acids is 2. The third-order valence-electron chi connectivity index (χ3n) is 5.58. The lowest BCUT2D eigenvalue weighted by molar-refractivity contribution is -0.150. The number of carbonyl (C=O) groups is 2. The molecule has 1 aliphatic rings. The first-order valence-corrected chi connectivity index (χ1v) is 10.5. The summed E-state index contributed by atoms with van der Waals surface area (Å²) >= 11 is 0. The molecule has 178 valence electrons. The van der Waals surface area contributed by atoms with Gasteiger partial charge in [-0.3, -0.25) is 4.79 Å². The van der Waals surface area contributed by atoms with Gasteiger partial charge in [-0.2, -0.15) is 0 Å². The Morgan fingerprint density at radius 2 is 1.70 bits per heavy atom. The van der Waals surface area contributed by atoms with Gasteiger partial charge in [0.2, 0.25) is 11.7 Å². The number of benzene rings is 2. The van der Waals surface area contributed by atoms with Gasteiger partial charge in [-0.05, 0) is 30.2 Å². The molecule has 0 aromatic heterocycles. The number of amides is 1. The predicted octanol–water partition coefficient (Wildman–Crippen LogP) is 3.01. The van der Waals surface area contributed by atoms with Gasteiger partial charge in [0.25, 0.3) is 0 Å². The number of aryl methyl sites for hydroxylation is 1. The molecule has 33 heavy (non-hydrogen) atoms. The highest BCUT2D eigenvalue weighted by atomic mass is 19.1. The molecule has 0 saturated carbocycles. The summed E-state index contributed by atoms with van der Waals surface area (Å²) in [5.41, 5.74) is 0.761. The second-order valence-corrected chi connectivity index (χ2v) is 7.48. The van der Waals surface area contributed by atoms with E-state index in [-0.39, 0.29) is 31.0 Å². The van der Waals surface area contributed by atoms with Crippen molar-refractivity contribution in [3.05, 3.63) is 47.8 Å². The fourth-order valence-corrected chi connectivity index (χ4v) is 3.98. The van der Waals surface area contributed by atoms with Crippen molar-refractivity contribution in [3.63, 3.8) is 0 Å². The monoisotopic (exact) mass is 461 g/mol. The standard InChI is InChI=1S/C24H28FNO7/c1-29-20-11-9-15(22(30-2)23(20)31-3)10-12-21(27)26-14-16(13-18(26)24(28)32-4)33-19-8-6-5-7-17(19)25/h5-9,11,16,18H,10,12-14H2,1-4H3. The molecule has 1 heterocycles. The van der Waals surface area contributed by atoms with Crippen LogP contribution in [0.25, 0.3) is 0 Å². The minimum Gasteiger partial charge on any atom is -0.493 e. The average molecular weight is 461 g/mol. The van der Waals surface area contributed by atoms with Gasteiger partial charge in [-0.1, -0.05) is 18.2 Å². The maximum absolute atomic E-state index is 14.0. The molecular formula is C24H28FNO7. The summed E-state index contributed by atoms with van der Waals surface area (Å²) in [4.78, 5) is 26.8. The minimum absolute atomic E-state index is 0.0791. The second kappa shape index (κ2) is 10.9. The molecule has 0 radical (unpaired) electrons. The summed E-state index contributed by atoms with van der Waals surface area (Å²) in [5.74, 6) is 0.234. The van der Waals surface area contributed by atoms with E-state index in [1.54, 1.807) is 24.3 Å². The number of methoxy groups -OCH3 is 4. The molecule has 9 heteroatoms. The van der Waals surface area contributed by atoms with Crippen LogP contribution in [0.2, 0.25) is 0 Å². The summed E-state index contributed by atoms with van der Waals surface area (Å²) in [6.07, 6.45) is 0.148. The van der Waals surface area contributed by atoms with E-state index in [9.17, 15) is 14.0 Å². The van der Waals surface area contributed by atoms with Crippen LogP contribution in [0.3, 0.4) is 0 Å². The zero-order chi connectivity index (χ0) is 24.0. The highest BCUT2D eigenvalue weighted by Crippen LogP contribution is 2.40. The molecule has 2 aromatic carbocycles. The quantitative estimate of drug-likeness (QED) is 0.531. The summed E-state index contributed by atoms with van der Waals surface area (Å²) in [5, 5.41) is 0. The Hall–Kier alpha value is -3.49. The first kappa shape index (κ1) is 24.2.